The minimum atomic E-state index is -4.82. The minimum absolute atomic E-state index is 0.0316. The molecule has 2 rings (SSSR count). The number of hydrogen-bond acceptors (Lipinski definition) is 4. The number of alkyl halides is 3. The van der Waals surface area contributed by atoms with Gasteiger partial charge in [0.25, 0.3) is 0 Å². The quantitative estimate of drug-likeness (QED) is 0.892. The number of ether oxygens (including phenoxy) is 3. The topological polar surface area (TPSA) is 47.9 Å². The number of halogens is 3. The van der Waals surface area contributed by atoms with Gasteiger partial charge in [-0.3, -0.25) is 0 Å². The lowest BCUT2D eigenvalue weighted by Crippen LogP contribution is -2.18. The normalized spacial score (nSPS) is 12.6. The Bertz CT molecular complexity index is 671. The van der Waals surface area contributed by atoms with Crippen molar-refractivity contribution in [2.75, 3.05) is 7.11 Å². The molecule has 4 nitrogen and oxygen atoms in total. The summed E-state index contributed by atoms with van der Waals surface area (Å²) in [5.41, 5.74) is 0.373. The molecule has 0 amide bonds. The van der Waals surface area contributed by atoms with Crippen LogP contribution in [0.15, 0.2) is 36.4 Å². The highest BCUT2D eigenvalue weighted by Crippen LogP contribution is 2.39. The summed E-state index contributed by atoms with van der Waals surface area (Å²) in [5, 5.41) is 9.39. The Kier molecular flexibility index (Phi) is 4.88. The van der Waals surface area contributed by atoms with E-state index in [1.165, 1.54) is 31.4 Å². The molecular weight excluding hydrogens is 313 g/mol. The van der Waals surface area contributed by atoms with Crippen LogP contribution in [0.25, 0.3) is 0 Å². The van der Waals surface area contributed by atoms with Crippen LogP contribution in [0.1, 0.15) is 18.6 Å². The molecule has 0 spiro atoms. The van der Waals surface area contributed by atoms with E-state index in [1.807, 2.05) is 0 Å². The largest absolute Gasteiger partial charge is 0.573 e. The molecule has 23 heavy (non-hydrogen) atoms. The molecule has 123 valence electrons. The summed E-state index contributed by atoms with van der Waals surface area (Å²) in [6.07, 6.45) is -5.46. The summed E-state index contributed by atoms with van der Waals surface area (Å²) in [5.74, 6) is -0.227. The maximum Gasteiger partial charge on any atom is 0.573 e. The summed E-state index contributed by atoms with van der Waals surface area (Å²) >= 11 is 0. The maximum atomic E-state index is 12.4. The highest BCUT2D eigenvalue weighted by atomic mass is 19.4. The Morgan fingerprint density at radius 2 is 1.96 bits per heavy atom. The summed E-state index contributed by atoms with van der Waals surface area (Å²) in [4.78, 5) is 0. The van der Waals surface area contributed by atoms with Crippen molar-refractivity contribution in [3.05, 3.63) is 48.0 Å². The molecule has 0 fully saturated rings. The molecule has 0 heterocycles. The van der Waals surface area contributed by atoms with Gasteiger partial charge in [0.1, 0.15) is 17.6 Å². The Morgan fingerprint density at radius 1 is 1.22 bits per heavy atom. The predicted octanol–water partition coefficient (Wildman–Crippen LogP) is 4.24. The van der Waals surface area contributed by atoms with Gasteiger partial charge in [-0.1, -0.05) is 12.1 Å². The molecule has 0 aliphatic rings. The summed E-state index contributed by atoms with van der Waals surface area (Å²) in [6.45, 7) is 1.64. The van der Waals surface area contributed by atoms with Crippen molar-refractivity contribution in [2.45, 2.75) is 19.4 Å². The molecule has 1 radical (unpaired) electrons. The Balaban J connectivity index is 2.29. The zero-order chi connectivity index (χ0) is 17.0. The second-order valence-electron chi connectivity index (χ2n) is 4.61. The van der Waals surface area contributed by atoms with Gasteiger partial charge in [0.2, 0.25) is 0 Å². The van der Waals surface area contributed by atoms with Gasteiger partial charge in [-0.2, -0.15) is 0 Å². The predicted molar refractivity (Wildman–Crippen MR) is 75.7 cm³/mol. The van der Waals surface area contributed by atoms with E-state index in [-0.39, 0.29) is 11.5 Å². The van der Waals surface area contributed by atoms with Crippen molar-refractivity contribution in [1.82, 2.24) is 0 Å². The average Bonchev–Trinajstić information content (AvgIpc) is 2.45. The molecule has 1 N–H and O–H groups in total. The van der Waals surface area contributed by atoms with E-state index in [9.17, 15) is 18.3 Å². The van der Waals surface area contributed by atoms with Crippen molar-refractivity contribution >= 4 is 0 Å². The number of rotatable bonds is 5. The van der Waals surface area contributed by atoms with Crippen LogP contribution in [0.3, 0.4) is 0 Å². The van der Waals surface area contributed by atoms with Gasteiger partial charge in [0.05, 0.1) is 7.11 Å². The van der Waals surface area contributed by atoms with Crippen molar-refractivity contribution < 1.29 is 32.5 Å². The first-order valence-electron chi connectivity index (χ1n) is 6.59. The number of phenolic OH excluding ortho intramolecular Hbond substituents is 1. The van der Waals surface area contributed by atoms with E-state index < -0.39 is 18.2 Å². The van der Waals surface area contributed by atoms with E-state index in [4.69, 9.17) is 9.47 Å². The van der Waals surface area contributed by atoms with Crippen molar-refractivity contribution in [3.63, 3.8) is 0 Å². The first-order valence-corrected chi connectivity index (χ1v) is 6.59. The van der Waals surface area contributed by atoms with Crippen LogP contribution in [-0.2, 0) is 0 Å². The fourth-order valence-electron chi connectivity index (χ4n) is 2.05. The lowest BCUT2D eigenvalue weighted by Gasteiger charge is -2.20. The number of methoxy groups -OCH3 is 1. The van der Waals surface area contributed by atoms with E-state index in [0.717, 1.165) is 6.07 Å². The SMILES string of the molecule is COc1c(OC(F)(F)F)cccc1C(C)Oc1c[c]cc(O)c1. The van der Waals surface area contributed by atoms with Crippen LogP contribution in [0.4, 0.5) is 13.2 Å². The minimum Gasteiger partial charge on any atom is -0.508 e. The molecule has 0 aliphatic heterocycles. The zero-order valence-corrected chi connectivity index (χ0v) is 12.3. The van der Waals surface area contributed by atoms with E-state index in [0.29, 0.717) is 11.3 Å². The molecule has 1 unspecified atom stereocenters. The Morgan fingerprint density at radius 3 is 2.57 bits per heavy atom. The smallest absolute Gasteiger partial charge is 0.508 e. The standard InChI is InChI=1S/C16H14F3O4/c1-10(22-12-6-3-5-11(20)9-12)13-7-4-8-14(15(13)21-2)23-16(17,18)19/h4-10,20H,1-2H3. The molecule has 0 bridgehead atoms. The van der Waals surface area contributed by atoms with Crippen LogP contribution in [0, 0.1) is 6.07 Å². The van der Waals surface area contributed by atoms with Crippen LogP contribution in [0.5, 0.6) is 23.0 Å². The number of hydrogen-bond donors (Lipinski definition) is 1. The monoisotopic (exact) mass is 327 g/mol. The lowest BCUT2D eigenvalue weighted by atomic mass is 10.1. The summed E-state index contributed by atoms with van der Waals surface area (Å²) in [6, 6.07) is 11.0. The second kappa shape index (κ2) is 6.68. The summed E-state index contributed by atoms with van der Waals surface area (Å²) in [7, 11) is 1.25. The van der Waals surface area contributed by atoms with Gasteiger partial charge in [-0.25, -0.2) is 0 Å². The second-order valence-corrected chi connectivity index (χ2v) is 4.61. The van der Waals surface area contributed by atoms with E-state index >= 15 is 0 Å². The third kappa shape index (κ3) is 4.45. The van der Waals surface area contributed by atoms with Crippen LogP contribution in [0.2, 0.25) is 0 Å². The summed E-state index contributed by atoms with van der Waals surface area (Å²) < 4.78 is 51.9. The number of benzene rings is 2. The average molecular weight is 327 g/mol. The molecule has 1 atom stereocenters. The van der Waals surface area contributed by atoms with Crippen LogP contribution >= 0.6 is 0 Å². The molecule has 0 aliphatic carbocycles. The van der Waals surface area contributed by atoms with E-state index in [1.54, 1.807) is 13.0 Å². The van der Waals surface area contributed by atoms with Gasteiger partial charge in [0.15, 0.2) is 11.5 Å². The Hall–Kier alpha value is -2.57. The molecule has 7 heteroatoms. The first kappa shape index (κ1) is 16.8. The molecule has 0 saturated heterocycles. The van der Waals surface area contributed by atoms with Gasteiger partial charge in [0, 0.05) is 11.6 Å². The van der Waals surface area contributed by atoms with Gasteiger partial charge < -0.3 is 19.3 Å². The highest BCUT2D eigenvalue weighted by molar-refractivity contribution is 5.48. The fraction of sp³-hybridized carbons (Fsp3) is 0.250. The fourth-order valence-corrected chi connectivity index (χ4v) is 2.05. The lowest BCUT2D eigenvalue weighted by molar-refractivity contribution is -0.275. The van der Waals surface area contributed by atoms with Crippen LogP contribution < -0.4 is 14.2 Å². The Labute approximate surface area is 131 Å². The number of aromatic hydroxyl groups is 1. The molecule has 2 aromatic rings. The van der Waals surface area contributed by atoms with Gasteiger partial charge in [-0.15, -0.1) is 13.2 Å². The van der Waals surface area contributed by atoms with Crippen LogP contribution in [-0.4, -0.2) is 18.6 Å². The molecule has 0 saturated carbocycles. The van der Waals surface area contributed by atoms with Crippen molar-refractivity contribution in [3.8, 4) is 23.0 Å². The van der Waals surface area contributed by atoms with Crippen molar-refractivity contribution in [2.24, 2.45) is 0 Å². The van der Waals surface area contributed by atoms with Crippen molar-refractivity contribution in [1.29, 1.82) is 0 Å². The molecular formula is C16H14F3O4. The first-order chi connectivity index (χ1) is 10.8. The molecule has 2 aromatic carbocycles. The highest BCUT2D eigenvalue weighted by Gasteiger charge is 2.33. The zero-order valence-electron chi connectivity index (χ0n) is 12.3. The number of para-hydroxylation sites is 1. The van der Waals surface area contributed by atoms with Gasteiger partial charge >= 0.3 is 6.36 Å². The van der Waals surface area contributed by atoms with Gasteiger partial charge in [-0.05, 0) is 31.2 Å². The van der Waals surface area contributed by atoms with E-state index in [2.05, 4.69) is 10.8 Å². The third-order valence-electron chi connectivity index (χ3n) is 2.94. The molecule has 0 aromatic heterocycles. The number of phenols is 1. The third-order valence-corrected chi connectivity index (χ3v) is 2.94. The maximum absolute atomic E-state index is 12.4.